The summed E-state index contributed by atoms with van der Waals surface area (Å²) in [6, 6.07) is 17.4. The van der Waals surface area contributed by atoms with Crippen molar-refractivity contribution in [2.75, 3.05) is 20.2 Å². The minimum Gasteiger partial charge on any atom is -0.485 e. The van der Waals surface area contributed by atoms with E-state index in [1.54, 1.807) is 7.05 Å². The normalized spacial score (nSPS) is 11.8. The second-order valence-corrected chi connectivity index (χ2v) is 5.59. The Bertz CT molecular complexity index is 645. The van der Waals surface area contributed by atoms with E-state index in [-0.39, 0.29) is 12.7 Å². The third-order valence-electron chi connectivity index (χ3n) is 3.85. The van der Waals surface area contributed by atoms with Crippen molar-refractivity contribution in [3.8, 4) is 5.75 Å². The molecule has 0 heterocycles. The van der Waals surface area contributed by atoms with Gasteiger partial charge in [0, 0.05) is 26.6 Å². The molecule has 0 bridgehead atoms. The maximum atomic E-state index is 11.0. The molecule has 0 radical (unpaired) electrons. The summed E-state index contributed by atoms with van der Waals surface area (Å²) >= 11 is 0. The van der Waals surface area contributed by atoms with Crippen LogP contribution in [0.15, 0.2) is 54.6 Å². The van der Waals surface area contributed by atoms with Gasteiger partial charge < -0.3 is 19.8 Å². The molecule has 2 aromatic rings. The fraction of sp³-hybridized carbons (Fsp3) is 0.316. The number of aliphatic hydroxyl groups excluding tert-OH is 1. The van der Waals surface area contributed by atoms with Crippen LogP contribution in [0.2, 0.25) is 0 Å². The fourth-order valence-electron chi connectivity index (χ4n) is 2.47. The first-order valence-electron chi connectivity index (χ1n) is 7.96. The molecule has 0 aliphatic carbocycles. The van der Waals surface area contributed by atoms with Crippen molar-refractivity contribution in [3.05, 3.63) is 65.7 Å². The molecule has 1 unspecified atom stereocenters. The number of nitrogens with zero attached hydrogens (tertiary/aromatic N) is 1. The molecule has 24 heavy (non-hydrogen) atoms. The molecular formula is C19H23NO4. The van der Waals surface area contributed by atoms with E-state index in [0.717, 1.165) is 16.9 Å². The summed E-state index contributed by atoms with van der Waals surface area (Å²) in [6.07, 6.45) is -0.150. The third kappa shape index (κ3) is 4.99. The van der Waals surface area contributed by atoms with Crippen molar-refractivity contribution in [2.24, 2.45) is 0 Å². The molecule has 1 atom stereocenters. The van der Waals surface area contributed by atoms with Crippen LogP contribution in [0.25, 0.3) is 0 Å². The van der Waals surface area contributed by atoms with Crippen LogP contribution in [0.3, 0.4) is 0 Å². The highest BCUT2D eigenvalue weighted by atomic mass is 16.5. The SMILES string of the molecule is CN(CCC(Oc1ccccc1CCO)c1ccccc1)C(=O)O. The monoisotopic (exact) mass is 329 g/mol. The first kappa shape index (κ1) is 17.8. The van der Waals surface area contributed by atoms with Gasteiger partial charge in [0.25, 0.3) is 0 Å². The minimum absolute atomic E-state index is 0.0537. The lowest BCUT2D eigenvalue weighted by atomic mass is 10.1. The Labute approximate surface area is 142 Å². The van der Waals surface area contributed by atoms with Crippen molar-refractivity contribution < 1.29 is 19.7 Å². The Morgan fingerprint density at radius 3 is 2.46 bits per heavy atom. The van der Waals surface area contributed by atoms with Gasteiger partial charge in [-0.25, -0.2) is 4.79 Å². The Kier molecular flexibility index (Phi) is 6.63. The van der Waals surface area contributed by atoms with Gasteiger partial charge in [-0.05, 0) is 23.6 Å². The Hall–Kier alpha value is -2.53. The van der Waals surface area contributed by atoms with E-state index in [1.165, 1.54) is 4.90 Å². The smallest absolute Gasteiger partial charge is 0.407 e. The third-order valence-corrected chi connectivity index (χ3v) is 3.85. The van der Waals surface area contributed by atoms with Gasteiger partial charge in [0.15, 0.2) is 0 Å². The van der Waals surface area contributed by atoms with Crippen LogP contribution in [0.5, 0.6) is 5.75 Å². The zero-order valence-corrected chi connectivity index (χ0v) is 13.8. The largest absolute Gasteiger partial charge is 0.485 e. The Morgan fingerprint density at radius 2 is 1.79 bits per heavy atom. The second-order valence-electron chi connectivity index (χ2n) is 5.59. The molecular weight excluding hydrogens is 306 g/mol. The van der Waals surface area contributed by atoms with Gasteiger partial charge in [0.1, 0.15) is 11.9 Å². The van der Waals surface area contributed by atoms with Crippen molar-refractivity contribution >= 4 is 6.09 Å². The van der Waals surface area contributed by atoms with E-state index < -0.39 is 6.09 Å². The number of hydrogen-bond donors (Lipinski definition) is 2. The number of carbonyl (C=O) groups is 1. The van der Waals surface area contributed by atoms with Crippen LogP contribution < -0.4 is 4.74 Å². The van der Waals surface area contributed by atoms with Gasteiger partial charge in [-0.2, -0.15) is 0 Å². The second kappa shape index (κ2) is 8.93. The molecule has 5 nitrogen and oxygen atoms in total. The zero-order chi connectivity index (χ0) is 17.4. The van der Waals surface area contributed by atoms with Gasteiger partial charge in [-0.3, -0.25) is 0 Å². The van der Waals surface area contributed by atoms with E-state index in [1.807, 2.05) is 54.6 Å². The topological polar surface area (TPSA) is 70.0 Å². The van der Waals surface area contributed by atoms with E-state index in [9.17, 15) is 9.90 Å². The molecule has 0 fully saturated rings. The maximum absolute atomic E-state index is 11.0. The number of para-hydroxylation sites is 1. The molecule has 2 N–H and O–H groups in total. The highest BCUT2D eigenvalue weighted by Crippen LogP contribution is 2.28. The maximum Gasteiger partial charge on any atom is 0.407 e. The number of ether oxygens (including phenoxy) is 1. The lowest BCUT2D eigenvalue weighted by Gasteiger charge is -2.23. The van der Waals surface area contributed by atoms with E-state index in [0.29, 0.717) is 19.4 Å². The number of amides is 1. The molecule has 0 saturated heterocycles. The summed E-state index contributed by atoms with van der Waals surface area (Å²) in [5.41, 5.74) is 1.93. The molecule has 2 rings (SSSR count). The molecule has 2 aromatic carbocycles. The van der Waals surface area contributed by atoms with Crippen LogP contribution in [-0.4, -0.2) is 41.4 Å². The zero-order valence-electron chi connectivity index (χ0n) is 13.8. The molecule has 5 heteroatoms. The predicted octanol–water partition coefficient (Wildman–Crippen LogP) is 3.34. The molecule has 1 amide bonds. The standard InChI is InChI=1S/C19H23NO4/c1-20(19(22)23)13-11-18(15-7-3-2-4-8-15)24-17-10-6-5-9-16(17)12-14-21/h2-10,18,21H,11-14H2,1H3,(H,22,23). The number of rotatable bonds is 8. The van der Waals surface area contributed by atoms with E-state index in [4.69, 9.17) is 9.84 Å². The van der Waals surface area contributed by atoms with Crippen LogP contribution in [-0.2, 0) is 6.42 Å². The highest BCUT2D eigenvalue weighted by molar-refractivity contribution is 5.64. The summed E-state index contributed by atoms with van der Waals surface area (Å²) in [4.78, 5) is 12.3. The minimum atomic E-state index is -0.956. The van der Waals surface area contributed by atoms with Crippen LogP contribution >= 0.6 is 0 Å². The van der Waals surface area contributed by atoms with Gasteiger partial charge >= 0.3 is 6.09 Å². The number of hydrogen-bond acceptors (Lipinski definition) is 3. The molecule has 0 aliphatic rings. The summed E-state index contributed by atoms with van der Waals surface area (Å²) in [5, 5.41) is 18.2. The van der Waals surface area contributed by atoms with Gasteiger partial charge in [0.05, 0.1) is 0 Å². The fourth-order valence-corrected chi connectivity index (χ4v) is 2.47. The number of aliphatic hydroxyl groups is 1. The van der Waals surface area contributed by atoms with Crippen LogP contribution in [0.1, 0.15) is 23.7 Å². The Morgan fingerprint density at radius 1 is 1.12 bits per heavy atom. The lowest BCUT2D eigenvalue weighted by Crippen LogP contribution is -2.27. The van der Waals surface area contributed by atoms with Crippen LogP contribution in [0.4, 0.5) is 4.79 Å². The first-order valence-corrected chi connectivity index (χ1v) is 7.96. The number of benzene rings is 2. The van der Waals surface area contributed by atoms with Crippen molar-refractivity contribution in [3.63, 3.8) is 0 Å². The quantitative estimate of drug-likeness (QED) is 0.779. The lowest BCUT2D eigenvalue weighted by molar-refractivity contribution is 0.139. The molecule has 128 valence electrons. The van der Waals surface area contributed by atoms with E-state index >= 15 is 0 Å². The summed E-state index contributed by atoms with van der Waals surface area (Å²) < 4.78 is 6.18. The van der Waals surface area contributed by atoms with Crippen LogP contribution in [0, 0.1) is 0 Å². The number of carboxylic acid groups (broad SMARTS) is 1. The Balaban J connectivity index is 2.18. The summed E-state index contributed by atoms with van der Waals surface area (Å²) in [6.45, 7) is 0.426. The van der Waals surface area contributed by atoms with Crippen molar-refractivity contribution in [2.45, 2.75) is 18.9 Å². The molecule has 0 spiro atoms. The average Bonchev–Trinajstić information content (AvgIpc) is 2.60. The summed E-state index contributed by atoms with van der Waals surface area (Å²) in [7, 11) is 1.55. The van der Waals surface area contributed by atoms with Gasteiger partial charge in [0.2, 0.25) is 0 Å². The molecule has 0 aliphatic heterocycles. The predicted molar refractivity (Wildman–Crippen MR) is 92.3 cm³/mol. The van der Waals surface area contributed by atoms with Crippen molar-refractivity contribution in [1.29, 1.82) is 0 Å². The van der Waals surface area contributed by atoms with Gasteiger partial charge in [-0.15, -0.1) is 0 Å². The van der Waals surface area contributed by atoms with Crippen molar-refractivity contribution in [1.82, 2.24) is 4.90 Å². The highest BCUT2D eigenvalue weighted by Gasteiger charge is 2.17. The molecule has 0 aromatic heterocycles. The molecule has 0 saturated carbocycles. The van der Waals surface area contributed by atoms with Gasteiger partial charge in [-0.1, -0.05) is 48.5 Å². The average molecular weight is 329 g/mol. The summed E-state index contributed by atoms with van der Waals surface area (Å²) in [5.74, 6) is 0.721. The first-order chi connectivity index (χ1) is 11.6. The van der Waals surface area contributed by atoms with E-state index in [2.05, 4.69) is 0 Å².